The van der Waals surface area contributed by atoms with E-state index in [2.05, 4.69) is 24.9 Å². The molecule has 2 aromatic carbocycles. The number of carbonyl (C=O) groups is 1. The minimum atomic E-state index is -1.07. The second-order valence-electron chi connectivity index (χ2n) is 7.43. The topological polar surface area (TPSA) is 92.4 Å². The van der Waals surface area contributed by atoms with Crippen molar-refractivity contribution in [2.24, 2.45) is 0 Å². The van der Waals surface area contributed by atoms with Crippen molar-refractivity contribution >= 4 is 5.97 Å². The maximum absolute atomic E-state index is 11.5. The summed E-state index contributed by atoms with van der Waals surface area (Å²) in [6.45, 7) is 4.47. The van der Waals surface area contributed by atoms with Crippen LogP contribution in [0.1, 0.15) is 35.3 Å². The Morgan fingerprint density at radius 3 is 2.53 bits per heavy atom. The van der Waals surface area contributed by atoms with Gasteiger partial charge in [-0.25, -0.2) is 4.79 Å². The van der Waals surface area contributed by atoms with E-state index in [-0.39, 0.29) is 11.0 Å². The number of nitriles is 1. The van der Waals surface area contributed by atoms with Gasteiger partial charge in [-0.2, -0.15) is 5.26 Å². The lowest BCUT2D eigenvalue weighted by Crippen LogP contribution is -2.26. The van der Waals surface area contributed by atoms with Crippen LogP contribution in [0.5, 0.6) is 11.5 Å². The minimum absolute atomic E-state index is 0.0793. The van der Waals surface area contributed by atoms with Crippen LogP contribution >= 0.6 is 0 Å². The van der Waals surface area contributed by atoms with Crippen molar-refractivity contribution in [3.05, 3.63) is 77.5 Å². The molecular weight excluding hydrogens is 380 g/mol. The third-order valence-corrected chi connectivity index (χ3v) is 4.87. The molecule has 3 rings (SSSR count). The summed E-state index contributed by atoms with van der Waals surface area (Å²) in [6, 6.07) is 18.0. The van der Waals surface area contributed by atoms with Crippen LogP contribution in [0.4, 0.5) is 0 Å². The first-order valence-corrected chi connectivity index (χ1v) is 9.36. The quantitative estimate of drug-likeness (QED) is 0.617. The van der Waals surface area contributed by atoms with E-state index in [9.17, 15) is 15.2 Å². The van der Waals surface area contributed by atoms with Crippen molar-refractivity contribution in [1.29, 1.82) is 5.26 Å². The SMILES string of the molecule is COc1ccc(C(C)(C)COc2ccc(-c3ncccc3C(=O)O)cc2C#N)cc1. The van der Waals surface area contributed by atoms with Crippen LogP contribution in [-0.2, 0) is 5.41 Å². The van der Waals surface area contributed by atoms with Crippen LogP contribution < -0.4 is 9.47 Å². The fourth-order valence-electron chi connectivity index (χ4n) is 3.08. The van der Waals surface area contributed by atoms with Gasteiger partial charge < -0.3 is 14.6 Å². The van der Waals surface area contributed by atoms with Gasteiger partial charge >= 0.3 is 5.97 Å². The summed E-state index contributed by atoms with van der Waals surface area (Å²) in [5.74, 6) is 0.155. The molecule has 0 saturated carbocycles. The van der Waals surface area contributed by atoms with E-state index in [0.717, 1.165) is 11.3 Å². The molecule has 6 nitrogen and oxygen atoms in total. The summed E-state index contributed by atoms with van der Waals surface area (Å²) in [5.41, 5.74) is 2.04. The molecule has 1 aromatic heterocycles. The van der Waals surface area contributed by atoms with Crippen LogP contribution in [0.2, 0.25) is 0 Å². The highest BCUT2D eigenvalue weighted by molar-refractivity contribution is 5.94. The summed E-state index contributed by atoms with van der Waals surface area (Å²) in [5, 5.41) is 19.0. The molecule has 0 bridgehead atoms. The lowest BCUT2D eigenvalue weighted by Gasteiger charge is -2.26. The summed E-state index contributed by atoms with van der Waals surface area (Å²) < 4.78 is 11.2. The molecule has 0 unspecified atom stereocenters. The van der Waals surface area contributed by atoms with Gasteiger partial charge in [0, 0.05) is 17.2 Å². The molecule has 0 fully saturated rings. The molecule has 0 saturated heterocycles. The van der Waals surface area contributed by atoms with Gasteiger partial charge in [0.2, 0.25) is 0 Å². The van der Waals surface area contributed by atoms with Crippen molar-refractivity contribution in [2.75, 3.05) is 13.7 Å². The fourth-order valence-corrected chi connectivity index (χ4v) is 3.08. The molecule has 152 valence electrons. The summed E-state index contributed by atoms with van der Waals surface area (Å²) in [7, 11) is 1.63. The van der Waals surface area contributed by atoms with Crippen LogP contribution in [0, 0.1) is 11.3 Å². The number of ether oxygens (including phenoxy) is 2. The van der Waals surface area contributed by atoms with E-state index in [1.54, 1.807) is 31.4 Å². The Balaban J connectivity index is 1.84. The standard InChI is InChI=1S/C24H22N2O4/c1-24(2,18-7-9-19(29-3)10-8-18)15-30-21-11-6-16(13-17(21)14-25)22-20(23(27)28)5-4-12-26-22/h4-13H,15H2,1-3H3,(H,27,28). The maximum atomic E-state index is 11.5. The number of carboxylic acids is 1. The predicted molar refractivity (Wildman–Crippen MR) is 113 cm³/mol. The molecular formula is C24H22N2O4. The predicted octanol–water partition coefficient (Wildman–Crippen LogP) is 4.68. The molecule has 0 atom stereocenters. The van der Waals surface area contributed by atoms with Crippen molar-refractivity contribution in [3.8, 4) is 28.8 Å². The highest BCUT2D eigenvalue weighted by Gasteiger charge is 2.23. The number of benzene rings is 2. The number of aromatic nitrogens is 1. The van der Waals surface area contributed by atoms with Crippen LogP contribution in [0.25, 0.3) is 11.3 Å². The number of pyridine rings is 1. The van der Waals surface area contributed by atoms with Gasteiger partial charge in [-0.3, -0.25) is 4.98 Å². The van der Waals surface area contributed by atoms with Gasteiger partial charge in [0.15, 0.2) is 0 Å². The smallest absolute Gasteiger partial charge is 0.337 e. The first kappa shape index (κ1) is 20.9. The van der Waals surface area contributed by atoms with Crippen LogP contribution in [-0.4, -0.2) is 29.8 Å². The van der Waals surface area contributed by atoms with Gasteiger partial charge in [0.25, 0.3) is 0 Å². The number of aromatic carboxylic acids is 1. The van der Waals surface area contributed by atoms with Crippen molar-refractivity contribution in [1.82, 2.24) is 4.98 Å². The third kappa shape index (κ3) is 4.41. The number of hydrogen-bond acceptors (Lipinski definition) is 5. The first-order chi connectivity index (χ1) is 14.4. The van der Waals surface area contributed by atoms with E-state index in [1.807, 2.05) is 24.3 Å². The minimum Gasteiger partial charge on any atom is -0.497 e. The van der Waals surface area contributed by atoms with Gasteiger partial charge in [0.1, 0.15) is 17.6 Å². The Bertz CT molecular complexity index is 1100. The zero-order valence-electron chi connectivity index (χ0n) is 17.0. The van der Waals surface area contributed by atoms with Crippen molar-refractivity contribution < 1.29 is 19.4 Å². The molecule has 30 heavy (non-hydrogen) atoms. The van der Waals surface area contributed by atoms with Gasteiger partial charge in [0.05, 0.1) is 30.5 Å². The molecule has 3 aromatic rings. The number of nitrogens with zero attached hydrogens (tertiary/aromatic N) is 2. The monoisotopic (exact) mass is 402 g/mol. The third-order valence-electron chi connectivity index (χ3n) is 4.87. The molecule has 0 radical (unpaired) electrons. The summed E-state index contributed by atoms with van der Waals surface area (Å²) in [4.78, 5) is 15.6. The van der Waals surface area contributed by atoms with Crippen molar-refractivity contribution in [2.45, 2.75) is 19.3 Å². The first-order valence-electron chi connectivity index (χ1n) is 9.36. The lowest BCUT2D eigenvalue weighted by atomic mass is 9.85. The van der Waals surface area contributed by atoms with Crippen molar-refractivity contribution in [3.63, 3.8) is 0 Å². The Kier molecular flexibility index (Phi) is 6.03. The van der Waals surface area contributed by atoms with E-state index in [1.165, 1.54) is 12.3 Å². The summed E-state index contributed by atoms with van der Waals surface area (Å²) in [6.07, 6.45) is 1.52. The van der Waals surface area contributed by atoms with E-state index in [0.29, 0.717) is 29.2 Å². The molecule has 1 heterocycles. The largest absolute Gasteiger partial charge is 0.497 e. The van der Waals surface area contributed by atoms with Gasteiger partial charge in [-0.05, 0) is 48.0 Å². The Hall–Kier alpha value is -3.85. The highest BCUT2D eigenvalue weighted by Crippen LogP contribution is 2.30. The number of carboxylic acid groups (broad SMARTS) is 1. The second kappa shape index (κ2) is 8.66. The Labute approximate surface area is 175 Å². The molecule has 0 aliphatic carbocycles. The summed E-state index contributed by atoms with van der Waals surface area (Å²) >= 11 is 0. The highest BCUT2D eigenvalue weighted by atomic mass is 16.5. The van der Waals surface area contributed by atoms with E-state index < -0.39 is 5.97 Å². The average Bonchev–Trinajstić information content (AvgIpc) is 2.77. The van der Waals surface area contributed by atoms with Gasteiger partial charge in [-0.1, -0.05) is 26.0 Å². The molecule has 0 aliphatic heterocycles. The van der Waals surface area contributed by atoms with Crippen LogP contribution in [0.3, 0.4) is 0 Å². The van der Waals surface area contributed by atoms with Gasteiger partial charge in [-0.15, -0.1) is 0 Å². The van der Waals surface area contributed by atoms with Crippen LogP contribution in [0.15, 0.2) is 60.8 Å². The lowest BCUT2D eigenvalue weighted by molar-refractivity contribution is 0.0697. The molecule has 0 spiro atoms. The Morgan fingerprint density at radius 1 is 1.17 bits per heavy atom. The fraction of sp³-hybridized carbons (Fsp3) is 0.208. The number of rotatable bonds is 7. The molecule has 0 amide bonds. The van der Waals surface area contributed by atoms with E-state index >= 15 is 0 Å². The number of methoxy groups -OCH3 is 1. The second-order valence-corrected chi connectivity index (χ2v) is 7.43. The average molecular weight is 402 g/mol. The maximum Gasteiger partial charge on any atom is 0.337 e. The number of hydrogen-bond donors (Lipinski definition) is 1. The molecule has 0 aliphatic rings. The normalized spacial score (nSPS) is 10.9. The zero-order valence-corrected chi connectivity index (χ0v) is 17.0. The molecule has 6 heteroatoms. The van der Waals surface area contributed by atoms with E-state index in [4.69, 9.17) is 9.47 Å². The Morgan fingerprint density at radius 2 is 1.90 bits per heavy atom. The zero-order chi connectivity index (χ0) is 21.7. The molecule has 1 N–H and O–H groups in total.